The van der Waals surface area contributed by atoms with Crippen LogP contribution in [-0.2, 0) is 44.9 Å². The number of carbonyl (C=O) groups excluding carboxylic acids is 7. The van der Waals surface area contributed by atoms with Gasteiger partial charge in [-0.3, -0.25) is 33.8 Å². The van der Waals surface area contributed by atoms with Gasteiger partial charge in [0.1, 0.15) is 34.8 Å². The van der Waals surface area contributed by atoms with E-state index in [1.54, 1.807) is 49.4 Å². The van der Waals surface area contributed by atoms with Gasteiger partial charge in [0.25, 0.3) is 0 Å². The molecule has 3 aromatic rings. The molecule has 1 aromatic heterocycles. The predicted molar refractivity (Wildman–Crippen MR) is 256 cm³/mol. The lowest BCUT2D eigenvalue weighted by Gasteiger charge is -2.28. The number of aliphatic carboxylic acids is 1. The van der Waals surface area contributed by atoms with Crippen molar-refractivity contribution in [3.63, 3.8) is 0 Å². The van der Waals surface area contributed by atoms with Gasteiger partial charge in [-0.2, -0.15) is 0 Å². The van der Waals surface area contributed by atoms with Gasteiger partial charge in [-0.25, -0.2) is 14.6 Å². The van der Waals surface area contributed by atoms with Crippen LogP contribution in [0.15, 0.2) is 53.5 Å². The molecule has 364 valence electrons. The molecule has 0 bridgehead atoms. The van der Waals surface area contributed by atoms with E-state index < -0.39 is 72.3 Å². The zero-order valence-electron chi connectivity index (χ0n) is 38.3. The molecule has 7 amide bonds. The number of unbranched alkanes of at least 4 members (excludes halogenated alkanes) is 2. The summed E-state index contributed by atoms with van der Waals surface area (Å²) in [6.45, 7) is 3.84. The first kappa shape index (κ1) is 53.5. The average molecular weight is 967 g/mol. The molecular weight excluding hydrogens is 905 g/mol. The minimum Gasteiger partial charge on any atom is -0.480 e. The fraction of sp³-hybridized carbons (Fsp3) is 0.511. The van der Waals surface area contributed by atoms with Gasteiger partial charge in [0.05, 0.1) is 16.8 Å². The third-order valence-electron chi connectivity index (χ3n) is 10.3. The summed E-state index contributed by atoms with van der Waals surface area (Å²) < 4.78 is 6.04. The van der Waals surface area contributed by atoms with Gasteiger partial charge in [-0.05, 0) is 95.8 Å². The highest BCUT2D eigenvalue weighted by atomic mass is 32.2. The van der Waals surface area contributed by atoms with Crippen molar-refractivity contribution in [3.05, 3.63) is 59.1 Å². The predicted octanol–water partition coefficient (Wildman–Crippen LogP) is 2.99. The third kappa shape index (κ3) is 18.6. The van der Waals surface area contributed by atoms with Crippen molar-refractivity contribution in [2.24, 2.45) is 10.7 Å². The molecule has 2 aromatic carbocycles. The smallest absolute Gasteiger partial charge is 0.408 e. The average Bonchev–Trinajstić information content (AvgIpc) is 3.95. The van der Waals surface area contributed by atoms with Gasteiger partial charge in [-0.15, -0.1) is 23.1 Å². The van der Waals surface area contributed by atoms with Crippen LogP contribution in [0.1, 0.15) is 82.2 Å². The summed E-state index contributed by atoms with van der Waals surface area (Å²) >= 11 is 2.62. The van der Waals surface area contributed by atoms with Crippen LogP contribution in [0, 0.1) is 0 Å². The van der Waals surface area contributed by atoms with Crippen molar-refractivity contribution in [2.45, 2.75) is 102 Å². The second-order valence-corrected chi connectivity index (χ2v) is 18.3. The number of amides is 7. The first-order valence-corrected chi connectivity index (χ1v) is 24.0. The van der Waals surface area contributed by atoms with E-state index in [1.807, 2.05) is 25.1 Å². The van der Waals surface area contributed by atoms with Crippen molar-refractivity contribution in [1.29, 1.82) is 0 Å². The summed E-state index contributed by atoms with van der Waals surface area (Å²) in [5.74, 6) is -4.04. The van der Waals surface area contributed by atoms with Crippen molar-refractivity contribution in [2.75, 3.05) is 51.3 Å². The van der Waals surface area contributed by atoms with Crippen LogP contribution in [0.25, 0.3) is 10.2 Å². The minimum atomic E-state index is -1.25. The molecule has 1 aliphatic heterocycles. The number of thioether (sulfide) groups is 1. The van der Waals surface area contributed by atoms with Gasteiger partial charge in [0.2, 0.25) is 35.4 Å². The number of nitrogens with zero attached hydrogens (tertiary/aromatic N) is 4. The summed E-state index contributed by atoms with van der Waals surface area (Å²) in [5.41, 5.74) is 7.17. The zero-order chi connectivity index (χ0) is 48.9. The molecule has 4 atom stereocenters. The number of primary amides is 1. The number of thiazole rings is 1. The highest BCUT2D eigenvalue weighted by Gasteiger charge is 2.31. The van der Waals surface area contributed by atoms with Crippen LogP contribution >= 0.6 is 23.1 Å². The first-order chi connectivity index (χ1) is 32.0. The number of rotatable bonds is 28. The number of nitrogens with two attached hydrogens (primary N) is 1. The topological polar surface area (TPSA) is 284 Å². The van der Waals surface area contributed by atoms with Crippen molar-refractivity contribution < 1.29 is 48.2 Å². The molecule has 4 rings (SSSR count). The maximum absolute atomic E-state index is 14.2. The molecule has 0 radical (unpaired) electrons. The maximum Gasteiger partial charge on any atom is 0.408 e. The van der Waals surface area contributed by atoms with Crippen LogP contribution in [0.5, 0.6) is 0 Å². The van der Waals surface area contributed by atoms with Crippen LogP contribution in [0.2, 0.25) is 0 Å². The number of nitrogens with one attached hydrogen (secondary N) is 5. The van der Waals surface area contributed by atoms with Crippen molar-refractivity contribution in [1.82, 2.24) is 36.1 Å². The van der Waals surface area contributed by atoms with Crippen LogP contribution < -0.4 is 32.3 Å². The number of carboxylic acids is 1. The quantitative estimate of drug-likeness (QED) is 0.0516. The van der Waals surface area contributed by atoms with E-state index >= 15 is 0 Å². The second kappa shape index (κ2) is 27.5. The number of anilines is 1. The third-order valence-corrected chi connectivity index (χ3v) is 12.5. The fourth-order valence-corrected chi connectivity index (χ4v) is 8.99. The summed E-state index contributed by atoms with van der Waals surface area (Å²) in [5, 5.41) is 24.2. The molecule has 0 fully saturated rings. The summed E-state index contributed by atoms with van der Waals surface area (Å²) in [4.78, 5) is 116. The van der Waals surface area contributed by atoms with Gasteiger partial charge in [0, 0.05) is 37.9 Å². The number of hydrogen-bond donors (Lipinski definition) is 7. The minimum absolute atomic E-state index is 0.0687. The fourth-order valence-electron chi connectivity index (χ4n) is 6.89. The van der Waals surface area contributed by atoms with Gasteiger partial charge in [0.15, 0.2) is 6.04 Å². The molecule has 0 spiro atoms. The summed E-state index contributed by atoms with van der Waals surface area (Å²) in [7, 11) is 3.83. The van der Waals surface area contributed by atoms with E-state index in [0.717, 1.165) is 16.8 Å². The molecule has 8 N–H and O–H groups in total. The lowest BCUT2D eigenvalue weighted by atomic mass is 10.0. The van der Waals surface area contributed by atoms with Gasteiger partial charge < -0.3 is 52.0 Å². The Morgan fingerprint density at radius 2 is 1.60 bits per heavy atom. The molecule has 0 saturated heterocycles. The van der Waals surface area contributed by atoms with Gasteiger partial charge in [-0.1, -0.05) is 37.3 Å². The van der Waals surface area contributed by atoms with Gasteiger partial charge >= 0.3 is 12.1 Å². The normalized spacial score (nSPS) is 14.6. The molecular formula is C45H62N10O10S2. The molecule has 2 heterocycles. The Morgan fingerprint density at radius 1 is 0.881 bits per heavy atom. The Morgan fingerprint density at radius 3 is 2.25 bits per heavy atom. The number of fused-ring (bicyclic) bond motifs is 1. The molecule has 0 aliphatic carbocycles. The Bertz CT molecular complexity index is 2220. The molecule has 67 heavy (non-hydrogen) atoms. The zero-order valence-corrected chi connectivity index (χ0v) is 40.0. The molecule has 4 unspecified atom stereocenters. The molecule has 20 nitrogen and oxygen atoms in total. The molecule has 1 aliphatic rings. The van der Waals surface area contributed by atoms with E-state index in [0.29, 0.717) is 65.7 Å². The monoisotopic (exact) mass is 966 g/mol. The number of benzene rings is 2. The van der Waals surface area contributed by atoms with Crippen LogP contribution in [-0.4, -0.2) is 143 Å². The number of aliphatic imine (C=N–C) groups is 1. The number of aromatic nitrogens is 1. The largest absolute Gasteiger partial charge is 0.480 e. The Labute approximate surface area is 398 Å². The highest BCUT2D eigenvalue weighted by Crippen LogP contribution is 2.31. The number of alkyl carbamates (subject to hydrolysis) is 1. The van der Waals surface area contributed by atoms with E-state index in [1.165, 1.54) is 34.9 Å². The van der Waals surface area contributed by atoms with E-state index in [-0.39, 0.29) is 44.7 Å². The van der Waals surface area contributed by atoms with E-state index in [4.69, 9.17) is 10.5 Å². The van der Waals surface area contributed by atoms with E-state index in [2.05, 4.69) is 36.6 Å². The first-order valence-electron chi connectivity index (χ1n) is 22.2. The SMILES string of the molecule is CCCN(CC(=O)NC(CCCCN(C)C)C(=O)NC(CCCCNC(C)=O)C(=O)Nc1ccc2nc(C3=NC(C(=O)O)CS3)sc2c1)C(=O)C(CCC(N)=O)NC(=O)OCc1ccccc1. The Kier molecular flexibility index (Phi) is 21.9. The summed E-state index contributed by atoms with van der Waals surface area (Å²) in [6, 6.07) is 9.77. The number of carboxylic acid groups (broad SMARTS) is 1. The standard InChI is InChI=1S/C45H62N10O10S2/c1-5-22-55(43(61)34(19-20-37(46)57)53-45(64)65-26-29-13-7-6-8-14-29)25-38(58)49-32(16-10-12-23-54(3)4)40(60)50-33(15-9-11-21-47-28(2)56)39(59)48-30-17-18-31-36(24-30)67-42(51-31)41-52-35(27-66-41)44(62)63/h6-8,13-14,17-18,24,32-35H,5,9-12,15-16,19-23,25-27H2,1-4H3,(H2,46,57)(H,47,56)(H,48,59)(H,49,58)(H,50,60)(H,53,64)(H,62,63). The second-order valence-electron chi connectivity index (χ2n) is 16.3. The summed E-state index contributed by atoms with van der Waals surface area (Å²) in [6.07, 6.45) is 1.76. The Hall–Kier alpha value is -6.13. The highest BCUT2D eigenvalue weighted by molar-refractivity contribution is 8.15. The van der Waals surface area contributed by atoms with Crippen molar-refractivity contribution >= 4 is 91.6 Å². The maximum atomic E-state index is 14.2. The number of hydrogen-bond acceptors (Lipinski definition) is 14. The molecule has 0 saturated carbocycles. The van der Waals surface area contributed by atoms with Crippen LogP contribution in [0.3, 0.4) is 0 Å². The lowest BCUT2D eigenvalue weighted by molar-refractivity contribution is -0.139. The number of carbonyl (C=O) groups is 8. The van der Waals surface area contributed by atoms with E-state index in [9.17, 15) is 43.5 Å². The van der Waals surface area contributed by atoms with Crippen molar-refractivity contribution in [3.8, 4) is 0 Å². The van der Waals surface area contributed by atoms with Crippen LogP contribution in [0.4, 0.5) is 10.5 Å². The number of ether oxygens (including phenoxy) is 1. The molecule has 22 heteroatoms. The lowest BCUT2D eigenvalue weighted by Crippen LogP contribution is -2.55. The Balaban J connectivity index is 1.50.